The first kappa shape index (κ1) is 14.8. The summed E-state index contributed by atoms with van der Waals surface area (Å²) in [4.78, 5) is 9.27. The first-order chi connectivity index (χ1) is 10.2. The number of nitrogens with zero attached hydrogens (tertiary/aromatic N) is 3. The first-order valence-electron chi connectivity index (χ1n) is 8.17. The van der Waals surface area contributed by atoms with Crippen molar-refractivity contribution in [1.29, 1.82) is 0 Å². The number of aromatic nitrogens is 3. The van der Waals surface area contributed by atoms with Crippen LogP contribution >= 0.6 is 11.6 Å². The molecule has 0 amide bonds. The minimum atomic E-state index is -0.0763. The van der Waals surface area contributed by atoms with Crippen LogP contribution in [0.15, 0.2) is 18.3 Å². The monoisotopic (exact) mass is 305 g/mol. The summed E-state index contributed by atoms with van der Waals surface area (Å²) >= 11 is 6.37. The molecule has 1 atom stereocenters. The number of alkyl halides is 1. The Kier molecular flexibility index (Phi) is 4.48. The summed E-state index contributed by atoms with van der Waals surface area (Å²) in [5.41, 5.74) is 1.97. The SMILES string of the molecule is CCCC1CCC(n2c(C(C)Cl)nc3cccnc32)CC1. The molecule has 0 saturated heterocycles. The van der Waals surface area contributed by atoms with Gasteiger partial charge >= 0.3 is 0 Å². The van der Waals surface area contributed by atoms with E-state index < -0.39 is 0 Å². The van der Waals surface area contributed by atoms with Gasteiger partial charge in [-0.15, -0.1) is 11.6 Å². The van der Waals surface area contributed by atoms with Crippen molar-refractivity contribution in [3.63, 3.8) is 0 Å². The van der Waals surface area contributed by atoms with Crippen molar-refractivity contribution in [2.75, 3.05) is 0 Å². The Labute approximate surface area is 131 Å². The highest BCUT2D eigenvalue weighted by atomic mass is 35.5. The van der Waals surface area contributed by atoms with Crippen molar-refractivity contribution in [1.82, 2.24) is 14.5 Å². The van der Waals surface area contributed by atoms with Gasteiger partial charge in [-0.05, 0) is 50.7 Å². The molecule has 1 saturated carbocycles. The maximum atomic E-state index is 6.37. The van der Waals surface area contributed by atoms with Crippen LogP contribution in [0.25, 0.3) is 11.2 Å². The molecule has 0 aromatic carbocycles. The average Bonchev–Trinajstić information content (AvgIpc) is 2.88. The van der Waals surface area contributed by atoms with Crippen molar-refractivity contribution in [2.45, 2.75) is 63.8 Å². The van der Waals surface area contributed by atoms with E-state index in [1.165, 1.54) is 38.5 Å². The lowest BCUT2D eigenvalue weighted by Crippen LogP contribution is -2.20. The van der Waals surface area contributed by atoms with Gasteiger partial charge in [-0.2, -0.15) is 0 Å². The summed E-state index contributed by atoms with van der Waals surface area (Å²) in [6.07, 6.45) is 9.62. The summed E-state index contributed by atoms with van der Waals surface area (Å²) in [5.74, 6) is 1.88. The molecule has 3 rings (SSSR count). The topological polar surface area (TPSA) is 30.7 Å². The molecule has 0 spiro atoms. The van der Waals surface area contributed by atoms with Gasteiger partial charge in [-0.25, -0.2) is 9.97 Å². The molecule has 1 aliphatic rings. The maximum absolute atomic E-state index is 6.37. The molecular weight excluding hydrogens is 282 g/mol. The highest BCUT2D eigenvalue weighted by Crippen LogP contribution is 2.38. The van der Waals surface area contributed by atoms with Gasteiger partial charge in [0.05, 0.1) is 5.38 Å². The molecule has 0 aliphatic heterocycles. The lowest BCUT2D eigenvalue weighted by molar-refractivity contribution is 0.262. The van der Waals surface area contributed by atoms with E-state index in [0.29, 0.717) is 6.04 Å². The molecular formula is C17H24ClN3. The molecule has 2 heterocycles. The van der Waals surface area contributed by atoms with E-state index in [-0.39, 0.29) is 5.38 Å². The third kappa shape index (κ3) is 2.94. The molecule has 3 nitrogen and oxygen atoms in total. The normalized spacial score (nSPS) is 24.3. The summed E-state index contributed by atoms with van der Waals surface area (Å²) in [6, 6.07) is 4.49. The number of fused-ring (bicyclic) bond motifs is 1. The van der Waals surface area contributed by atoms with Crippen LogP contribution in [0, 0.1) is 5.92 Å². The minimum absolute atomic E-state index is 0.0763. The van der Waals surface area contributed by atoms with Crippen LogP contribution in [0.5, 0.6) is 0 Å². The van der Waals surface area contributed by atoms with Crippen molar-refractivity contribution in [2.24, 2.45) is 5.92 Å². The van der Waals surface area contributed by atoms with E-state index in [0.717, 1.165) is 22.9 Å². The van der Waals surface area contributed by atoms with E-state index in [2.05, 4.69) is 16.5 Å². The van der Waals surface area contributed by atoms with Crippen molar-refractivity contribution < 1.29 is 0 Å². The second kappa shape index (κ2) is 6.35. The standard InChI is InChI=1S/C17H24ClN3/c1-3-5-13-7-9-14(10-8-13)21-16(12(2)18)20-15-6-4-11-19-17(15)21/h4,6,11-14H,3,5,7-10H2,1-2H3. The fourth-order valence-corrected chi connectivity index (χ4v) is 3.84. The summed E-state index contributed by atoms with van der Waals surface area (Å²) in [6.45, 7) is 4.29. The van der Waals surface area contributed by atoms with E-state index in [1.807, 2.05) is 25.3 Å². The molecule has 21 heavy (non-hydrogen) atoms. The lowest BCUT2D eigenvalue weighted by Gasteiger charge is -2.30. The number of rotatable bonds is 4. The van der Waals surface area contributed by atoms with Gasteiger partial charge in [-0.3, -0.25) is 0 Å². The van der Waals surface area contributed by atoms with E-state index >= 15 is 0 Å². The number of halogens is 1. The van der Waals surface area contributed by atoms with Gasteiger partial charge in [-0.1, -0.05) is 19.8 Å². The third-order valence-electron chi connectivity index (χ3n) is 4.71. The molecule has 0 radical (unpaired) electrons. The Morgan fingerprint density at radius 1 is 1.33 bits per heavy atom. The van der Waals surface area contributed by atoms with Crippen molar-refractivity contribution >= 4 is 22.8 Å². The predicted molar refractivity (Wildman–Crippen MR) is 87.7 cm³/mol. The molecule has 0 N–H and O–H groups in total. The number of imidazole rings is 1. The average molecular weight is 306 g/mol. The van der Waals surface area contributed by atoms with Gasteiger partial charge < -0.3 is 4.57 Å². The van der Waals surface area contributed by atoms with Crippen LogP contribution in [0.1, 0.15) is 69.6 Å². The number of hydrogen-bond acceptors (Lipinski definition) is 2. The van der Waals surface area contributed by atoms with Crippen LogP contribution in [0.2, 0.25) is 0 Å². The van der Waals surface area contributed by atoms with E-state index in [1.54, 1.807) is 0 Å². The third-order valence-corrected chi connectivity index (χ3v) is 4.91. The van der Waals surface area contributed by atoms with Crippen LogP contribution in [0.3, 0.4) is 0 Å². The first-order valence-corrected chi connectivity index (χ1v) is 8.61. The van der Waals surface area contributed by atoms with Gasteiger partial charge in [0.25, 0.3) is 0 Å². The quantitative estimate of drug-likeness (QED) is 0.721. The second-order valence-electron chi connectivity index (χ2n) is 6.27. The smallest absolute Gasteiger partial charge is 0.160 e. The number of hydrogen-bond donors (Lipinski definition) is 0. The zero-order valence-electron chi connectivity index (χ0n) is 12.9. The Morgan fingerprint density at radius 3 is 2.76 bits per heavy atom. The Morgan fingerprint density at radius 2 is 2.10 bits per heavy atom. The summed E-state index contributed by atoms with van der Waals surface area (Å²) in [5, 5.41) is -0.0763. The zero-order chi connectivity index (χ0) is 14.8. The van der Waals surface area contributed by atoms with Crippen molar-refractivity contribution in [3.05, 3.63) is 24.2 Å². The summed E-state index contributed by atoms with van der Waals surface area (Å²) in [7, 11) is 0. The number of pyridine rings is 1. The highest BCUT2D eigenvalue weighted by molar-refractivity contribution is 6.20. The molecule has 1 aliphatic carbocycles. The molecule has 2 aromatic rings. The Bertz CT molecular complexity index is 597. The molecule has 114 valence electrons. The van der Waals surface area contributed by atoms with Crippen LogP contribution in [-0.4, -0.2) is 14.5 Å². The lowest BCUT2D eigenvalue weighted by atomic mass is 9.83. The van der Waals surface area contributed by atoms with E-state index in [9.17, 15) is 0 Å². The van der Waals surface area contributed by atoms with Crippen molar-refractivity contribution in [3.8, 4) is 0 Å². The van der Waals surface area contributed by atoms with E-state index in [4.69, 9.17) is 16.6 Å². The molecule has 0 bridgehead atoms. The zero-order valence-corrected chi connectivity index (χ0v) is 13.7. The minimum Gasteiger partial charge on any atom is -0.308 e. The summed E-state index contributed by atoms with van der Waals surface area (Å²) < 4.78 is 2.31. The molecule has 4 heteroatoms. The van der Waals surface area contributed by atoms with Gasteiger partial charge in [0.15, 0.2) is 5.65 Å². The highest BCUT2D eigenvalue weighted by Gasteiger charge is 2.26. The van der Waals surface area contributed by atoms with Gasteiger partial charge in [0.2, 0.25) is 0 Å². The van der Waals surface area contributed by atoms with Crippen LogP contribution < -0.4 is 0 Å². The Balaban J connectivity index is 1.91. The maximum Gasteiger partial charge on any atom is 0.160 e. The molecule has 2 aromatic heterocycles. The fraction of sp³-hybridized carbons (Fsp3) is 0.647. The van der Waals surface area contributed by atoms with Crippen LogP contribution in [-0.2, 0) is 0 Å². The molecule has 1 unspecified atom stereocenters. The predicted octanol–water partition coefficient (Wildman–Crippen LogP) is 5.26. The fourth-order valence-electron chi connectivity index (χ4n) is 3.69. The van der Waals surface area contributed by atoms with Gasteiger partial charge in [0.1, 0.15) is 11.3 Å². The largest absolute Gasteiger partial charge is 0.308 e. The Hall–Kier alpha value is -1.09. The van der Waals surface area contributed by atoms with Crippen LogP contribution in [0.4, 0.5) is 0 Å². The van der Waals surface area contributed by atoms with Gasteiger partial charge in [0, 0.05) is 12.2 Å². The molecule has 1 fully saturated rings. The second-order valence-corrected chi connectivity index (χ2v) is 6.92.